The van der Waals surface area contributed by atoms with Gasteiger partial charge in [0.25, 0.3) is 0 Å². The van der Waals surface area contributed by atoms with E-state index in [2.05, 4.69) is 6.08 Å². The Labute approximate surface area is 126 Å². The van der Waals surface area contributed by atoms with Crippen molar-refractivity contribution in [1.82, 2.24) is 0 Å². The zero-order valence-electron chi connectivity index (χ0n) is 13.9. The van der Waals surface area contributed by atoms with Gasteiger partial charge in [-0.2, -0.15) is 0 Å². The van der Waals surface area contributed by atoms with Crippen molar-refractivity contribution < 1.29 is 19.1 Å². The lowest BCUT2D eigenvalue weighted by molar-refractivity contribution is -0.172. The Balaban J connectivity index is 2.18. The van der Waals surface area contributed by atoms with Crippen molar-refractivity contribution in [2.24, 2.45) is 17.8 Å². The third-order valence-corrected chi connectivity index (χ3v) is 3.79. The molecule has 1 saturated carbocycles. The van der Waals surface area contributed by atoms with Crippen molar-refractivity contribution in [2.75, 3.05) is 0 Å². The molecule has 1 fully saturated rings. The van der Waals surface area contributed by atoms with E-state index < -0.39 is 17.1 Å². The normalized spacial score (nSPS) is 28.3. The number of rotatable bonds is 2. The number of carbonyl (C=O) groups is 2. The van der Waals surface area contributed by atoms with Crippen LogP contribution in [0.1, 0.15) is 54.4 Å². The summed E-state index contributed by atoms with van der Waals surface area (Å²) in [5, 5.41) is 0. The van der Waals surface area contributed by atoms with Crippen LogP contribution in [0.3, 0.4) is 0 Å². The quantitative estimate of drug-likeness (QED) is 0.579. The molecule has 0 aromatic heterocycles. The number of ether oxygens (including phenoxy) is 2. The van der Waals surface area contributed by atoms with E-state index in [0.717, 1.165) is 18.4 Å². The highest BCUT2D eigenvalue weighted by molar-refractivity contribution is 5.87. The highest BCUT2D eigenvalue weighted by Crippen LogP contribution is 2.50. The van der Waals surface area contributed by atoms with Gasteiger partial charge in [-0.15, -0.1) is 0 Å². The van der Waals surface area contributed by atoms with Crippen LogP contribution in [0.2, 0.25) is 0 Å². The molecule has 4 heteroatoms. The van der Waals surface area contributed by atoms with E-state index in [1.807, 2.05) is 41.5 Å². The minimum absolute atomic E-state index is 0.187. The van der Waals surface area contributed by atoms with Crippen molar-refractivity contribution in [3.63, 3.8) is 0 Å². The molecule has 21 heavy (non-hydrogen) atoms. The first-order chi connectivity index (χ1) is 9.48. The summed E-state index contributed by atoms with van der Waals surface area (Å²) in [4.78, 5) is 24.9. The second kappa shape index (κ2) is 5.15. The molecule has 118 valence electrons. The third kappa shape index (κ3) is 3.66. The zero-order chi connectivity index (χ0) is 16.0. The van der Waals surface area contributed by atoms with E-state index in [4.69, 9.17) is 9.47 Å². The molecule has 0 amide bonds. The number of fused-ring (bicyclic) bond motifs is 2. The summed E-state index contributed by atoms with van der Waals surface area (Å²) in [5.41, 5.74) is -0.0332. The Morgan fingerprint density at radius 1 is 1.00 bits per heavy atom. The van der Waals surface area contributed by atoms with Gasteiger partial charge in [0, 0.05) is 0 Å². The largest absolute Gasteiger partial charge is 0.460 e. The molecule has 0 spiro atoms. The summed E-state index contributed by atoms with van der Waals surface area (Å²) in [7, 11) is 0. The van der Waals surface area contributed by atoms with Gasteiger partial charge in [0.15, 0.2) is 0 Å². The third-order valence-electron chi connectivity index (χ3n) is 3.79. The number of allylic oxidation sites excluding steroid dienone is 1. The highest BCUT2D eigenvalue weighted by Gasteiger charge is 2.52. The number of hydrogen-bond acceptors (Lipinski definition) is 4. The fourth-order valence-electron chi connectivity index (χ4n) is 3.16. The molecule has 0 N–H and O–H groups in total. The Kier molecular flexibility index (Phi) is 3.94. The summed E-state index contributed by atoms with van der Waals surface area (Å²) < 4.78 is 11.0. The van der Waals surface area contributed by atoms with Crippen molar-refractivity contribution >= 4 is 11.9 Å². The van der Waals surface area contributed by atoms with Crippen LogP contribution in [0, 0.1) is 17.8 Å². The van der Waals surface area contributed by atoms with E-state index >= 15 is 0 Å². The van der Waals surface area contributed by atoms with E-state index in [-0.39, 0.29) is 23.8 Å². The lowest BCUT2D eigenvalue weighted by Crippen LogP contribution is -2.39. The summed E-state index contributed by atoms with van der Waals surface area (Å²) in [6, 6.07) is 0. The van der Waals surface area contributed by atoms with Crippen LogP contribution in [-0.4, -0.2) is 23.1 Å². The van der Waals surface area contributed by atoms with Gasteiger partial charge in [0.05, 0.1) is 11.8 Å². The van der Waals surface area contributed by atoms with Crippen molar-refractivity contribution in [2.45, 2.75) is 65.6 Å². The van der Waals surface area contributed by atoms with Gasteiger partial charge in [-0.05, 0) is 60.3 Å². The van der Waals surface area contributed by atoms with Crippen LogP contribution in [0.15, 0.2) is 11.6 Å². The van der Waals surface area contributed by atoms with Crippen LogP contribution < -0.4 is 0 Å². The van der Waals surface area contributed by atoms with Gasteiger partial charge in [0.2, 0.25) is 0 Å². The molecule has 2 rings (SSSR count). The smallest absolute Gasteiger partial charge is 0.314 e. The van der Waals surface area contributed by atoms with Gasteiger partial charge >= 0.3 is 11.9 Å². The summed E-state index contributed by atoms with van der Waals surface area (Å²) in [5.74, 6) is -1.23. The Hall–Kier alpha value is -1.32. The van der Waals surface area contributed by atoms with Crippen LogP contribution in [-0.2, 0) is 19.1 Å². The first kappa shape index (κ1) is 16.1. The van der Waals surface area contributed by atoms with Crippen LogP contribution in [0.5, 0.6) is 0 Å². The second-order valence-corrected chi connectivity index (χ2v) is 8.05. The first-order valence-electron chi connectivity index (χ1n) is 7.62. The average molecular weight is 294 g/mol. The molecule has 2 aliphatic rings. The first-order valence-corrected chi connectivity index (χ1v) is 7.62. The lowest BCUT2D eigenvalue weighted by atomic mass is 9.83. The summed E-state index contributed by atoms with van der Waals surface area (Å²) in [6.07, 6.45) is 3.76. The lowest BCUT2D eigenvalue weighted by Gasteiger charge is -2.30. The van der Waals surface area contributed by atoms with Gasteiger partial charge in [-0.1, -0.05) is 11.6 Å². The molecule has 0 aromatic rings. The maximum Gasteiger partial charge on any atom is 0.314 e. The molecule has 0 radical (unpaired) electrons. The minimum Gasteiger partial charge on any atom is -0.460 e. The van der Waals surface area contributed by atoms with Crippen molar-refractivity contribution in [3.05, 3.63) is 11.6 Å². The molecule has 0 heterocycles. The van der Waals surface area contributed by atoms with E-state index in [9.17, 15) is 9.59 Å². The Morgan fingerprint density at radius 3 is 2.05 bits per heavy atom. The molecule has 3 atom stereocenters. The number of hydrogen-bond donors (Lipinski definition) is 0. The Bertz CT molecular complexity index is 476. The topological polar surface area (TPSA) is 52.6 Å². The van der Waals surface area contributed by atoms with Crippen LogP contribution >= 0.6 is 0 Å². The second-order valence-electron chi connectivity index (χ2n) is 8.05. The molecule has 3 unspecified atom stereocenters. The fourth-order valence-corrected chi connectivity index (χ4v) is 3.16. The molecular formula is C17H26O4. The van der Waals surface area contributed by atoms with E-state index in [0.29, 0.717) is 0 Å². The van der Waals surface area contributed by atoms with Gasteiger partial charge < -0.3 is 9.47 Å². The molecular weight excluding hydrogens is 268 g/mol. The summed E-state index contributed by atoms with van der Waals surface area (Å²) in [6.45, 7) is 11.1. The molecule has 4 nitrogen and oxygen atoms in total. The molecule has 2 bridgehead atoms. The van der Waals surface area contributed by atoms with Gasteiger partial charge in [-0.25, -0.2) is 0 Å². The maximum absolute atomic E-state index is 12.5. The number of carbonyl (C=O) groups excluding carboxylic acids is 2. The fraction of sp³-hybridized carbons (Fsp3) is 0.765. The van der Waals surface area contributed by atoms with Crippen molar-refractivity contribution in [3.8, 4) is 0 Å². The predicted molar refractivity (Wildman–Crippen MR) is 79.5 cm³/mol. The highest BCUT2D eigenvalue weighted by atomic mass is 16.6. The number of esters is 2. The zero-order valence-corrected chi connectivity index (χ0v) is 13.9. The van der Waals surface area contributed by atoms with Crippen LogP contribution in [0.4, 0.5) is 0 Å². The van der Waals surface area contributed by atoms with Crippen molar-refractivity contribution in [1.29, 1.82) is 0 Å². The standard InChI is InChI=1S/C17H26O4/c1-16(2,3)20-14(18)12-10-7-8-11(9-10)13(12)15(19)21-17(4,5)6/h7,11-13H,8-9H2,1-6H3. The molecule has 0 aromatic carbocycles. The molecule has 2 aliphatic carbocycles. The molecule has 0 saturated heterocycles. The minimum atomic E-state index is -0.544. The predicted octanol–water partition coefficient (Wildman–Crippen LogP) is 3.25. The van der Waals surface area contributed by atoms with Gasteiger partial charge in [0.1, 0.15) is 11.2 Å². The summed E-state index contributed by atoms with van der Waals surface area (Å²) >= 11 is 0. The monoisotopic (exact) mass is 294 g/mol. The maximum atomic E-state index is 12.5. The van der Waals surface area contributed by atoms with E-state index in [1.165, 1.54) is 0 Å². The van der Waals surface area contributed by atoms with Gasteiger partial charge in [-0.3, -0.25) is 9.59 Å². The van der Waals surface area contributed by atoms with Crippen LogP contribution in [0.25, 0.3) is 0 Å². The van der Waals surface area contributed by atoms with E-state index in [1.54, 1.807) is 0 Å². The SMILES string of the molecule is CC(C)(C)OC(=O)C1C2=CCC(C2)C1C(=O)OC(C)(C)C. The average Bonchev–Trinajstić information content (AvgIpc) is 2.82. The Morgan fingerprint density at radius 2 is 1.52 bits per heavy atom. The molecule has 0 aliphatic heterocycles.